The molecule has 242 valence electrons. The summed E-state index contributed by atoms with van der Waals surface area (Å²) < 4.78 is 10.7. The zero-order valence-corrected chi connectivity index (χ0v) is 25.9. The number of amides is 2. The van der Waals surface area contributed by atoms with Gasteiger partial charge in [0.2, 0.25) is 17.5 Å². The number of rotatable bonds is 15. The Labute approximate surface area is 265 Å². The Morgan fingerprint density at radius 1 is 1.07 bits per heavy atom. The molecule has 0 radical (unpaired) electrons. The maximum atomic E-state index is 13.8. The van der Waals surface area contributed by atoms with Crippen LogP contribution in [-0.2, 0) is 35.3 Å². The molecule has 0 aliphatic heterocycles. The lowest BCUT2D eigenvalue weighted by atomic mass is 9.86. The number of Topliss-reactive ketones (excluding diaryl/α,β-unsaturated/α-hetero) is 2. The number of ether oxygens (including phenoxy) is 2. The maximum absolute atomic E-state index is 13.8. The number of benzene rings is 2. The van der Waals surface area contributed by atoms with Crippen molar-refractivity contribution >= 4 is 46.6 Å². The Balaban J connectivity index is 1.98. The largest absolute Gasteiger partial charge is 0.464 e. The van der Waals surface area contributed by atoms with Gasteiger partial charge in [0.05, 0.1) is 30.8 Å². The molecule has 0 aromatic heterocycles. The number of nitro groups is 1. The number of esters is 1. The van der Waals surface area contributed by atoms with E-state index < -0.39 is 70.7 Å². The van der Waals surface area contributed by atoms with Crippen LogP contribution in [0.4, 0.5) is 5.69 Å². The molecule has 1 aliphatic rings. The van der Waals surface area contributed by atoms with Crippen LogP contribution in [0.2, 0.25) is 5.02 Å². The number of hydrogen-bond donors (Lipinski definition) is 2. The number of carbonyl (C=O) groups excluding carboxylic acids is 5. The third-order valence-corrected chi connectivity index (χ3v) is 7.72. The Morgan fingerprint density at radius 2 is 1.76 bits per heavy atom. The van der Waals surface area contributed by atoms with Gasteiger partial charge in [-0.05, 0) is 37.5 Å². The second-order valence-electron chi connectivity index (χ2n) is 10.5. The minimum atomic E-state index is -1.90. The van der Waals surface area contributed by atoms with Crippen molar-refractivity contribution in [2.24, 2.45) is 5.73 Å². The monoisotopic (exact) mass is 644 g/mol. The third-order valence-electron chi connectivity index (χ3n) is 7.49. The second-order valence-corrected chi connectivity index (χ2v) is 10.9. The Bertz CT molecular complexity index is 1400. The van der Waals surface area contributed by atoms with Gasteiger partial charge in [-0.3, -0.25) is 29.3 Å². The summed E-state index contributed by atoms with van der Waals surface area (Å²) in [5.74, 6) is -4.74. The summed E-state index contributed by atoms with van der Waals surface area (Å²) in [5.41, 5.74) is 5.85. The van der Waals surface area contributed by atoms with Crippen molar-refractivity contribution in [3.8, 4) is 0 Å². The van der Waals surface area contributed by atoms with E-state index in [1.54, 1.807) is 31.2 Å². The lowest BCUT2D eigenvalue weighted by Crippen LogP contribution is -2.62. The van der Waals surface area contributed by atoms with Gasteiger partial charge >= 0.3 is 5.97 Å². The van der Waals surface area contributed by atoms with E-state index >= 15 is 0 Å². The molecule has 2 aromatic rings. The van der Waals surface area contributed by atoms with E-state index in [0.717, 1.165) is 11.6 Å². The van der Waals surface area contributed by atoms with Crippen LogP contribution in [0.5, 0.6) is 0 Å². The average Bonchev–Trinajstić information content (AvgIpc) is 3.04. The van der Waals surface area contributed by atoms with Crippen LogP contribution < -0.4 is 11.1 Å². The Hall–Kier alpha value is -4.20. The van der Waals surface area contributed by atoms with Gasteiger partial charge in [0.15, 0.2) is 6.04 Å². The lowest BCUT2D eigenvalue weighted by molar-refractivity contribution is -0.385. The smallest absolute Gasteiger partial charge is 0.331 e. The molecule has 1 aliphatic carbocycles. The van der Waals surface area contributed by atoms with Crippen LogP contribution >= 0.6 is 11.6 Å². The van der Waals surface area contributed by atoms with Crippen LogP contribution in [0.15, 0.2) is 48.5 Å². The summed E-state index contributed by atoms with van der Waals surface area (Å²) in [7, 11) is 0. The summed E-state index contributed by atoms with van der Waals surface area (Å²) in [6, 6.07) is 7.69. The summed E-state index contributed by atoms with van der Waals surface area (Å²) in [4.78, 5) is 78.3. The highest BCUT2D eigenvalue weighted by Crippen LogP contribution is 2.29. The fraction of sp³-hybridized carbons (Fsp3) is 0.452. The van der Waals surface area contributed by atoms with E-state index in [1.807, 2.05) is 6.07 Å². The first-order chi connectivity index (χ1) is 21.5. The summed E-state index contributed by atoms with van der Waals surface area (Å²) in [5, 5.41) is 14.5. The standard InChI is InChI=1S/C31H37ClN4O9/c1-3-26(37)35(24-13-9-8-12-22(24)34-30(40)21-16-20(32)14-15-23(21)36(42)43)25(18-44-17-19-10-6-5-7-11-19)28(38)29(39)27(33)31(41)45-4-2/h5-7,10-11,14-16,22,24-25,27H,3-4,8-9,12-13,17-18,33H2,1-2H3,(H,34,40). The molecular formula is C31H37ClN4O9. The number of nitrogens with one attached hydrogen (secondary N) is 1. The molecule has 13 nitrogen and oxygen atoms in total. The highest BCUT2D eigenvalue weighted by Gasteiger charge is 2.44. The van der Waals surface area contributed by atoms with Crippen molar-refractivity contribution in [3.05, 3.63) is 74.8 Å². The number of hydrogen-bond acceptors (Lipinski definition) is 10. The number of nitro benzene ring substituents is 1. The topological polar surface area (TPSA) is 188 Å². The summed E-state index contributed by atoms with van der Waals surface area (Å²) in [6.45, 7) is 2.69. The minimum absolute atomic E-state index is 0.0557. The number of ketones is 2. The van der Waals surface area contributed by atoms with Crippen LogP contribution in [0.1, 0.15) is 61.9 Å². The van der Waals surface area contributed by atoms with E-state index in [1.165, 1.54) is 24.0 Å². The fourth-order valence-corrected chi connectivity index (χ4v) is 5.45. The molecule has 4 unspecified atom stereocenters. The van der Waals surface area contributed by atoms with Gasteiger partial charge in [0.1, 0.15) is 11.6 Å². The maximum Gasteiger partial charge on any atom is 0.331 e. The van der Waals surface area contributed by atoms with Gasteiger partial charge in [-0.15, -0.1) is 0 Å². The molecule has 4 atom stereocenters. The normalized spacial score (nSPS) is 17.4. The summed E-state index contributed by atoms with van der Waals surface area (Å²) in [6.07, 6.45) is 1.94. The minimum Gasteiger partial charge on any atom is -0.464 e. The third kappa shape index (κ3) is 9.16. The SMILES string of the molecule is CCOC(=O)C(N)C(=O)C(=O)C(COCc1ccccc1)N(C(=O)CC)C1CCCCC1NC(=O)c1cc(Cl)ccc1[N+](=O)[O-]. The van der Waals surface area contributed by atoms with E-state index in [4.69, 9.17) is 26.8 Å². The molecule has 0 bridgehead atoms. The van der Waals surface area contributed by atoms with Gasteiger partial charge < -0.3 is 25.4 Å². The molecular weight excluding hydrogens is 608 g/mol. The van der Waals surface area contributed by atoms with Crippen molar-refractivity contribution in [2.45, 2.75) is 76.7 Å². The van der Waals surface area contributed by atoms with Crippen LogP contribution in [0.3, 0.4) is 0 Å². The van der Waals surface area contributed by atoms with Gasteiger partial charge in [0, 0.05) is 23.6 Å². The molecule has 0 saturated heterocycles. The quantitative estimate of drug-likeness (QED) is 0.0958. The molecule has 0 spiro atoms. The summed E-state index contributed by atoms with van der Waals surface area (Å²) >= 11 is 6.03. The van der Waals surface area contributed by atoms with Crippen molar-refractivity contribution in [1.82, 2.24) is 10.2 Å². The molecule has 3 rings (SSSR count). The van der Waals surface area contributed by atoms with Crippen LogP contribution in [0, 0.1) is 10.1 Å². The van der Waals surface area contributed by atoms with E-state index in [9.17, 15) is 34.1 Å². The molecule has 14 heteroatoms. The second kappa shape index (κ2) is 16.8. The molecule has 2 amide bonds. The van der Waals surface area contributed by atoms with E-state index in [0.29, 0.717) is 25.7 Å². The average molecular weight is 645 g/mol. The number of halogens is 1. The Kier molecular flexibility index (Phi) is 13.1. The highest BCUT2D eigenvalue weighted by molar-refractivity contribution is 6.44. The number of carbonyl (C=O) groups is 5. The molecule has 3 N–H and O–H groups in total. The van der Waals surface area contributed by atoms with Gasteiger partial charge in [0.25, 0.3) is 11.6 Å². The van der Waals surface area contributed by atoms with Gasteiger partial charge in [-0.1, -0.05) is 61.7 Å². The van der Waals surface area contributed by atoms with E-state index in [-0.39, 0.29) is 30.2 Å². The molecule has 1 saturated carbocycles. The fourth-order valence-electron chi connectivity index (χ4n) is 5.28. The van der Waals surface area contributed by atoms with Crippen molar-refractivity contribution in [2.75, 3.05) is 13.2 Å². The van der Waals surface area contributed by atoms with Crippen LogP contribution in [-0.4, -0.2) is 76.6 Å². The molecule has 45 heavy (non-hydrogen) atoms. The predicted octanol–water partition coefficient (Wildman–Crippen LogP) is 3.14. The van der Waals surface area contributed by atoms with Gasteiger partial charge in [-0.25, -0.2) is 4.79 Å². The molecule has 0 heterocycles. The zero-order chi connectivity index (χ0) is 33.1. The first-order valence-corrected chi connectivity index (χ1v) is 15.1. The first-order valence-electron chi connectivity index (χ1n) is 14.7. The number of nitrogens with two attached hydrogens (primary N) is 1. The molecule has 1 fully saturated rings. The highest BCUT2D eigenvalue weighted by atomic mass is 35.5. The van der Waals surface area contributed by atoms with Crippen molar-refractivity contribution in [1.29, 1.82) is 0 Å². The molecule has 2 aromatic carbocycles. The zero-order valence-electron chi connectivity index (χ0n) is 25.1. The van der Waals surface area contributed by atoms with Crippen LogP contribution in [0.25, 0.3) is 0 Å². The Morgan fingerprint density at radius 3 is 2.40 bits per heavy atom. The lowest BCUT2D eigenvalue weighted by Gasteiger charge is -2.43. The van der Waals surface area contributed by atoms with Gasteiger partial charge in [-0.2, -0.15) is 0 Å². The van der Waals surface area contributed by atoms with Crippen molar-refractivity contribution in [3.63, 3.8) is 0 Å². The first kappa shape index (κ1) is 35.3. The number of nitrogens with zero attached hydrogens (tertiary/aromatic N) is 2. The predicted molar refractivity (Wildman–Crippen MR) is 163 cm³/mol. The van der Waals surface area contributed by atoms with E-state index in [2.05, 4.69) is 5.32 Å². The van der Waals surface area contributed by atoms with Crippen molar-refractivity contribution < 1.29 is 38.4 Å².